The fourth-order valence-corrected chi connectivity index (χ4v) is 2.41. The molecule has 0 aromatic heterocycles. The number of alkyl halides is 1. The second kappa shape index (κ2) is 17.0. The van der Waals surface area contributed by atoms with Gasteiger partial charge in [-0.2, -0.15) is 0 Å². The van der Waals surface area contributed by atoms with Crippen molar-refractivity contribution in [1.29, 1.82) is 0 Å². The molecule has 0 unspecified atom stereocenters. The van der Waals surface area contributed by atoms with Crippen molar-refractivity contribution in [2.24, 2.45) is 0 Å². The Balaban J connectivity index is 3.04. The number of hydrogen-bond donors (Lipinski definition) is 0. The molecule has 0 aliphatic rings. The van der Waals surface area contributed by atoms with E-state index in [9.17, 15) is 0 Å². The number of rotatable bonds is 12. The Morgan fingerprint density at radius 3 is 1.56 bits per heavy atom. The van der Waals surface area contributed by atoms with Crippen LogP contribution < -0.4 is 0 Å². The third-order valence-corrected chi connectivity index (χ3v) is 3.78. The van der Waals surface area contributed by atoms with Gasteiger partial charge in [-0.25, -0.2) is 0 Å². The molecule has 18 heavy (non-hydrogen) atoms. The molecular weight excluding hydrogens is 284 g/mol. The molecule has 0 saturated heterocycles. The summed E-state index contributed by atoms with van der Waals surface area (Å²) in [5.74, 6) is 6.63. The van der Waals surface area contributed by atoms with Crippen LogP contribution in [0.1, 0.15) is 90.4 Å². The molecule has 106 valence electrons. The van der Waals surface area contributed by atoms with E-state index in [4.69, 9.17) is 0 Å². The molecule has 0 aliphatic heterocycles. The summed E-state index contributed by atoms with van der Waals surface area (Å²) in [7, 11) is 0. The largest absolute Gasteiger partial charge is 0.103 e. The van der Waals surface area contributed by atoms with Crippen molar-refractivity contribution >= 4 is 15.9 Å². The van der Waals surface area contributed by atoms with Crippen molar-refractivity contribution in [2.45, 2.75) is 90.4 Å². The van der Waals surface area contributed by atoms with Gasteiger partial charge in [-0.1, -0.05) is 74.2 Å². The smallest absolute Gasteiger partial charge is 0.00886 e. The standard InChI is InChI=1S/C17H31Br/c1-2-3-4-5-6-7-8-9-10-11-12-13-14-15-16-17-18/h2-6,9-17H2,1H3. The summed E-state index contributed by atoms with van der Waals surface area (Å²) in [6, 6.07) is 0. The van der Waals surface area contributed by atoms with Gasteiger partial charge in [-0.05, 0) is 19.3 Å². The molecule has 0 amide bonds. The van der Waals surface area contributed by atoms with Gasteiger partial charge >= 0.3 is 0 Å². The van der Waals surface area contributed by atoms with Gasteiger partial charge in [0.25, 0.3) is 0 Å². The summed E-state index contributed by atoms with van der Waals surface area (Å²) in [6.45, 7) is 2.26. The molecule has 0 bridgehead atoms. The molecule has 0 radical (unpaired) electrons. The maximum Gasteiger partial charge on any atom is 0.00886 e. The minimum atomic E-state index is 1.12. The van der Waals surface area contributed by atoms with Gasteiger partial charge in [0.05, 0.1) is 0 Å². The molecule has 0 atom stereocenters. The van der Waals surface area contributed by atoms with Gasteiger partial charge in [-0.15, -0.1) is 11.8 Å². The number of hydrogen-bond acceptors (Lipinski definition) is 0. The Kier molecular flexibility index (Phi) is 17.1. The highest BCUT2D eigenvalue weighted by Gasteiger charge is 1.90. The van der Waals surface area contributed by atoms with E-state index in [-0.39, 0.29) is 0 Å². The zero-order valence-corrected chi connectivity index (χ0v) is 13.9. The zero-order valence-electron chi connectivity index (χ0n) is 12.3. The Bertz CT molecular complexity index is 199. The lowest BCUT2D eigenvalue weighted by molar-refractivity contribution is 0.596. The lowest BCUT2D eigenvalue weighted by Gasteiger charge is -1.98. The predicted octanol–water partition coefficient (Wildman–Crippen LogP) is 6.48. The van der Waals surface area contributed by atoms with Crippen molar-refractivity contribution in [2.75, 3.05) is 5.33 Å². The fourth-order valence-electron chi connectivity index (χ4n) is 2.01. The summed E-state index contributed by atoms with van der Waals surface area (Å²) < 4.78 is 0. The first-order chi connectivity index (χ1) is 8.91. The Morgan fingerprint density at radius 2 is 1.06 bits per heavy atom. The number of unbranched alkanes of at least 4 members (excludes halogenated alkanes) is 11. The lowest BCUT2D eigenvalue weighted by Crippen LogP contribution is -1.81. The number of halogens is 1. The Hall–Kier alpha value is 0.0400. The first-order valence-electron chi connectivity index (χ1n) is 7.93. The normalized spacial score (nSPS) is 10.1. The maximum absolute atomic E-state index is 3.47. The van der Waals surface area contributed by atoms with E-state index in [1.54, 1.807) is 0 Å². The first kappa shape index (κ1) is 18.0. The minimum absolute atomic E-state index is 1.12. The summed E-state index contributed by atoms with van der Waals surface area (Å²) in [4.78, 5) is 0. The van der Waals surface area contributed by atoms with Gasteiger partial charge in [0, 0.05) is 18.2 Å². The van der Waals surface area contributed by atoms with E-state index >= 15 is 0 Å². The predicted molar refractivity (Wildman–Crippen MR) is 87.3 cm³/mol. The van der Waals surface area contributed by atoms with E-state index in [1.807, 2.05) is 0 Å². The average molecular weight is 315 g/mol. The Labute approximate surface area is 123 Å². The van der Waals surface area contributed by atoms with E-state index in [0.717, 1.165) is 12.8 Å². The average Bonchev–Trinajstić information content (AvgIpc) is 2.39. The van der Waals surface area contributed by atoms with E-state index in [1.165, 1.54) is 76.0 Å². The second-order valence-electron chi connectivity index (χ2n) is 5.08. The molecule has 0 aliphatic carbocycles. The highest BCUT2D eigenvalue weighted by molar-refractivity contribution is 9.09. The van der Waals surface area contributed by atoms with Crippen molar-refractivity contribution < 1.29 is 0 Å². The SMILES string of the molecule is CCCCCCC#CCCCCCCCCCBr. The monoisotopic (exact) mass is 314 g/mol. The summed E-state index contributed by atoms with van der Waals surface area (Å²) in [6.07, 6.45) is 17.2. The second-order valence-corrected chi connectivity index (χ2v) is 5.87. The van der Waals surface area contributed by atoms with Crippen LogP contribution >= 0.6 is 15.9 Å². The highest BCUT2D eigenvalue weighted by atomic mass is 79.9. The van der Waals surface area contributed by atoms with Crippen molar-refractivity contribution in [1.82, 2.24) is 0 Å². The van der Waals surface area contributed by atoms with Gasteiger partial charge < -0.3 is 0 Å². The van der Waals surface area contributed by atoms with E-state index in [2.05, 4.69) is 34.7 Å². The van der Waals surface area contributed by atoms with Crippen LogP contribution in [0.2, 0.25) is 0 Å². The van der Waals surface area contributed by atoms with Crippen molar-refractivity contribution in [3.63, 3.8) is 0 Å². The molecule has 0 aromatic rings. The zero-order chi connectivity index (χ0) is 13.3. The topological polar surface area (TPSA) is 0 Å². The van der Waals surface area contributed by atoms with Gasteiger partial charge in [-0.3, -0.25) is 0 Å². The molecular formula is C17H31Br. The highest BCUT2D eigenvalue weighted by Crippen LogP contribution is 2.09. The van der Waals surface area contributed by atoms with Gasteiger partial charge in [0.2, 0.25) is 0 Å². The first-order valence-corrected chi connectivity index (χ1v) is 9.05. The molecule has 0 aromatic carbocycles. The van der Waals surface area contributed by atoms with Crippen LogP contribution in [0.4, 0.5) is 0 Å². The quantitative estimate of drug-likeness (QED) is 0.220. The van der Waals surface area contributed by atoms with Crippen molar-refractivity contribution in [3.05, 3.63) is 0 Å². The van der Waals surface area contributed by atoms with Crippen LogP contribution in [0, 0.1) is 11.8 Å². The van der Waals surface area contributed by atoms with Crippen molar-refractivity contribution in [3.8, 4) is 11.8 Å². The molecule has 0 N–H and O–H groups in total. The van der Waals surface area contributed by atoms with Crippen LogP contribution in [0.5, 0.6) is 0 Å². The molecule has 1 heteroatoms. The maximum atomic E-state index is 3.47. The summed E-state index contributed by atoms with van der Waals surface area (Å²) in [5, 5.41) is 1.17. The van der Waals surface area contributed by atoms with Gasteiger partial charge in [0.15, 0.2) is 0 Å². The minimum Gasteiger partial charge on any atom is -0.103 e. The molecule has 0 heterocycles. The lowest BCUT2D eigenvalue weighted by atomic mass is 10.1. The molecule has 0 nitrogen and oxygen atoms in total. The summed E-state index contributed by atoms with van der Waals surface area (Å²) in [5.41, 5.74) is 0. The third-order valence-electron chi connectivity index (χ3n) is 3.22. The van der Waals surface area contributed by atoms with E-state index in [0.29, 0.717) is 0 Å². The Morgan fingerprint density at radius 1 is 0.611 bits per heavy atom. The van der Waals surface area contributed by atoms with Crippen LogP contribution in [-0.4, -0.2) is 5.33 Å². The summed E-state index contributed by atoms with van der Waals surface area (Å²) >= 11 is 3.47. The third kappa shape index (κ3) is 16.0. The molecule has 0 fully saturated rings. The van der Waals surface area contributed by atoms with Crippen LogP contribution in [-0.2, 0) is 0 Å². The van der Waals surface area contributed by atoms with Gasteiger partial charge in [0.1, 0.15) is 0 Å². The fraction of sp³-hybridized carbons (Fsp3) is 0.882. The molecule has 0 spiro atoms. The van der Waals surface area contributed by atoms with Crippen LogP contribution in [0.3, 0.4) is 0 Å². The van der Waals surface area contributed by atoms with Crippen LogP contribution in [0.15, 0.2) is 0 Å². The molecule has 0 saturated carbocycles. The van der Waals surface area contributed by atoms with Crippen LogP contribution in [0.25, 0.3) is 0 Å². The molecule has 0 rings (SSSR count). The van der Waals surface area contributed by atoms with E-state index < -0.39 is 0 Å².